The average molecular weight is 552 g/mol. The average Bonchev–Trinajstić information content (AvgIpc) is 3.36. The third-order valence-corrected chi connectivity index (χ3v) is 9.59. The maximum Gasteiger partial charge on any atom is 0.260 e. The second-order valence-electron chi connectivity index (χ2n) is 12.3. The zero-order valence-electron chi connectivity index (χ0n) is 24.3. The van der Waals surface area contributed by atoms with Crippen molar-refractivity contribution in [3.05, 3.63) is 81.9 Å². The molecule has 6 nitrogen and oxygen atoms in total. The molecular formula is C35H39N2O4-. The highest BCUT2D eigenvalue weighted by Gasteiger charge is 2.53. The first-order chi connectivity index (χ1) is 19.7. The van der Waals surface area contributed by atoms with Gasteiger partial charge in [-0.1, -0.05) is 24.3 Å². The van der Waals surface area contributed by atoms with E-state index in [1.165, 1.54) is 33.4 Å². The molecule has 1 saturated carbocycles. The maximum atomic E-state index is 12.4. The van der Waals surface area contributed by atoms with E-state index in [1.54, 1.807) is 0 Å². The number of likely N-dealkylation sites (tertiary alicyclic amines) is 1. The van der Waals surface area contributed by atoms with Crippen molar-refractivity contribution in [1.29, 1.82) is 0 Å². The van der Waals surface area contributed by atoms with Crippen molar-refractivity contribution in [3.63, 3.8) is 0 Å². The number of carboxylic acids is 1. The molecule has 1 heterocycles. The monoisotopic (exact) mass is 551 g/mol. The molecule has 1 aliphatic heterocycles. The Balaban J connectivity index is 1.15. The summed E-state index contributed by atoms with van der Waals surface area (Å²) in [5.41, 5.74) is 10.8. The number of hydrogen-bond acceptors (Lipinski definition) is 5. The van der Waals surface area contributed by atoms with Crippen LogP contribution < -0.4 is 15.2 Å². The minimum Gasteiger partial charge on any atom is -0.550 e. The van der Waals surface area contributed by atoms with Crippen LogP contribution >= 0.6 is 0 Å². The molecule has 1 atom stereocenters. The summed E-state index contributed by atoms with van der Waals surface area (Å²) in [6, 6.07) is 16.9. The summed E-state index contributed by atoms with van der Waals surface area (Å²) >= 11 is 0. The van der Waals surface area contributed by atoms with E-state index in [2.05, 4.69) is 62.5 Å². The number of rotatable bonds is 9. The first-order valence-corrected chi connectivity index (χ1v) is 14.9. The number of carbonyl (C=O) groups excluding carboxylic acids is 2. The number of nitrogens with one attached hydrogen (secondary N) is 1. The molecule has 3 aliphatic rings. The Kier molecular flexibility index (Phi) is 7.27. The van der Waals surface area contributed by atoms with Crippen LogP contribution in [0.3, 0.4) is 0 Å². The third kappa shape index (κ3) is 5.44. The molecule has 6 rings (SSSR count). The Hall–Kier alpha value is -3.80. The molecule has 6 heteroatoms. The summed E-state index contributed by atoms with van der Waals surface area (Å²) in [4.78, 5) is 25.7. The van der Waals surface area contributed by atoms with Crippen LogP contribution in [0.4, 0.5) is 5.69 Å². The highest BCUT2D eigenvalue weighted by molar-refractivity contribution is 5.78. The van der Waals surface area contributed by atoms with Crippen molar-refractivity contribution in [3.8, 4) is 16.9 Å². The molecule has 2 fully saturated rings. The molecule has 214 valence electrons. The van der Waals surface area contributed by atoms with Crippen molar-refractivity contribution in [2.45, 2.75) is 71.8 Å². The predicted molar refractivity (Wildman–Crippen MR) is 159 cm³/mol. The van der Waals surface area contributed by atoms with Crippen molar-refractivity contribution < 1.29 is 19.4 Å². The van der Waals surface area contributed by atoms with Gasteiger partial charge in [0.05, 0.1) is 0 Å². The van der Waals surface area contributed by atoms with Crippen LogP contribution in [-0.4, -0.2) is 36.5 Å². The molecule has 1 spiro atoms. The lowest BCUT2D eigenvalue weighted by atomic mass is 9.87. The van der Waals surface area contributed by atoms with Gasteiger partial charge in [0, 0.05) is 31.3 Å². The quantitative estimate of drug-likeness (QED) is 0.382. The minimum atomic E-state index is -0.952. The number of carboxylic acid groups (broad SMARTS) is 1. The van der Waals surface area contributed by atoms with E-state index in [0.717, 1.165) is 67.8 Å². The van der Waals surface area contributed by atoms with Gasteiger partial charge in [0.25, 0.3) is 5.91 Å². The third-order valence-electron chi connectivity index (χ3n) is 9.59. The van der Waals surface area contributed by atoms with Gasteiger partial charge in [-0.25, -0.2) is 0 Å². The summed E-state index contributed by atoms with van der Waals surface area (Å²) in [5.74, 6) is -0.0693. The SMILES string of the molecule is Cc1cc(OCC(=O)N2CCCC2)cc(C)c1-c1cccc(CNc2ccc3c(c2)CC2(CC2)C3CC(=O)[O-])c1C. The van der Waals surface area contributed by atoms with Crippen LogP contribution in [0.1, 0.15) is 71.4 Å². The summed E-state index contributed by atoms with van der Waals surface area (Å²) in [5, 5.41) is 15.0. The molecule has 0 radical (unpaired) electrons. The normalized spacial score (nSPS) is 18.4. The number of aryl methyl sites for hydroxylation is 2. The molecule has 1 saturated heterocycles. The fourth-order valence-corrected chi connectivity index (χ4v) is 7.20. The Labute approximate surface area is 242 Å². The Morgan fingerprint density at radius 1 is 1.02 bits per heavy atom. The van der Waals surface area contributed by atoms with Crippen molar-refractivity contribution in [2.75, 3.05) is 25.0 Å². The van der Waals surface area contributed by atoms with Crippen LogP contribution in [0.25, 0.3) is 11.1 Å². The number of fused-ring (bicyclic) bond motifs is 1. The second-order valence-corrected chi connectivity index (χ2v) is 12.3. The molecule has 0 bridgehead atoms. The van der Waals surface area contributed by atoms with Crippen LogP contribution in [-0.2, 0) is 22.6 Å². The van der Waals surface area contributed by atoms with Gasteiger partial charge in [0.15, 0.2) is 6.61 Å². The number of benzene rings is 3. The van der Waals surface area contributed by atoms with E-state index in [1.807, 2.05) is 17.0 Å². The van der Waals surface area contributed by atoms with Crippen LogP contribution in [0.15, 0.2) is 48.5 Å². The minimum absolute atomic E-state index is 0.0609. The summed E-state index contributed by atoms with van der Waals surface area (Å²) < 4.78 is 5.91. The number of carbonyl (C=O) groups is 2. The lowest BCUT2D eigenvalue weighted by molar-refractivity contribution is -0.306. The van der Waals surface area contributed by atoms with E-state index < -0.39 is 5.97 Å². The van der Waals surface area contributed by atoms with Gasteiger partial charge < -0.3 is 24.9 Å². The topological polar surface area (TPSA) is 81.7 Å². The second kappa shape index (κ2) is 10.9. The Morgan fingerprint density at radius 3 is 2.44 bits per heavy atom. The lowest BCUT2D eigenvalue weighted by Gasteiger charge is -2.20. The number of aliphatic carboxylic acids is 1. The number of nitrogens with zero attached hydrogens (tertiary/aromatic N) is 1. The lowest BCUT2D eigenvalue weighted by Crippen LogP contribution is -2.32. The molecule has 3 aromatic rings. The molecule has 41 heavy (non-hydrogen) atoms. The molecule has 1 amide bonds. The molecular weight excluding hydrogens is 512 g/mol. The summed E-state index contributed by atoms with van der Waals surface area (Å²) in [7, 11) is 0. The van der Waals surface area contributed by atoms with Gasteiger partial charge in [-0.15, -0.1) is 0 Å². The Bertz CT molecular complexity index is 1480. The van der Waals surface area contributed by atoms with Crippen LogP contribution in [0.5, 0.6) is 5.75 Å². The van der Waals surface area contributed by atoms with E-state index in [4.69, 9.17) is 4.74 Å². The van der Waals surface area contributed by atoms with Crippen LogP contribution in [0.2, 0.25) is 0 Å². The highest BCUT2D eigenvalue weighted by atomic mass is 16.5. The Morgan fingerprint density at radius 2 is 1.76 bits per heavy atom. The fraction of sp³-hybridized carbons (Fsp3) is 0.429. The van der Waals surface area contributed by atoms with Gasteiger partial charge in [-0.2, -0.15) is 0 Å². The van der Waals surface area contributed by atoms with Gasteiger partial charge in [-0.3, -0.25) is 4.79 Å². The maximum absolute atomic E-state index is 12.4. The zero-order valence-corrected chi connectivity index (χ0v) is 24.3. The molecule has 0 aromatic heterocycles. The van der Waals surface area contributed by atoms with E-state index in [0.29, 0.717) is 6.54 Å². The summed E-state index contributed by atoms with van der Waals surface area (Å²) in [6.07, 6.45) is 5.46. The smallest absolute Gasteiger partial charge is 0.260 e. The number of hydrogen-bond donors (Lipinski definition) is 1. The summed E-state index contributed by atoms with van der Waals surface area (Å²) in [6.45, 7) is 8.83. The number of amides is 1. The van der Waals surface area contributed by atoms with Gasteiger partial charge in [0.1, 0.15) is 5.75 Å². The van der Waals surface area contributed by atoms with E-state index in [9.17, 15) is 14.7 Å². The molecule has 1 N–H and O–H groups in total. The van der Waals surface area contributed by atoms with Crippen LogP contribution in [0, 0.1) is 26.2 Å². The van der Waals surface area contributed by atoms with E-state index in [-0.39, 0.29) is 30.3 Å². The van der Waals surface area contributed by atoms with Gasteiger partial charge in [-0.05, 0) is 139 Å². The number of ether oxygens (including phenoxy) is 1. The highest BCUT2D eigenvalue weighted by Crippen LogP contribution is 2.64. The fourth-order valence-electron chi connectivity index (χ4n) is 7.20. The first kappa shape index (κ1) is 27.4. The molecule has 3 aromatic carbocycles. The molecule has 2 aliphatic carbocycles. The standard InChI is InChI=1S/C35H40N2O4/c1-22-15-28(41-21-32(38)37-13-4-5-14-37)16-23(2)34(22)29-8-6-7-25(24(29)3)20-36-27-9-10-30-26(17-27)19-35(11-12-35)31(30)18-33(39)40/h6-10,15-17,31,36H,4-5,11-14,18-21H2,1-3H3,(H,39,40)/p-1. The predicted octanol–water partition coefficient (Wildman–Crippen LogP) is 5.45. The van der Waals surface area contributed by atoms with E-state index >= 15 is 0 Å². The van der Waals surface area contributed by atoms with Gasteiger partial charge in [0.2, 0.25) is 0 Å². The van der Waals surface area contributed by atoms with Gasteiger partial charge >= 0.3 is 0 Å². The zero-order chi connectivity index (χ0) is 28.7. The largest absolute Gasteiger partial charge is 0.550 e. The number of anilines is 1. The molecule has 1 unspecified atom stereocenters. The van der Waals surface area contributed by atoms with Crippen molar-refractivity contribution >= 4 is 17.6 Å². The van der Waals surface area contributed by atoms with Crippen molar-refractivity contribution in [1.82, 2.24) is 4.90 Å². The van der Waals surface area contributed by atoms with Crippen molar-refractivity contribution in [2.24, 2.45) is 5.41 Å². The first-order valence-electron chi connectivity index (χ1n) is 14.9.